The Morgan fingerprint density at radius 3 is 1.76 bits per heavy atom. The Bertz CT molecular complexity index is 3160. The minimum Gasteiger partial charge on any atom is -0.456 e. The molecule has 0 atom stereocenters. The van der Waals surface area contributed by atoms with Gasteiger partial charge >= 0.3 is 0 Å². The molecule has 11 rings (SSSR count). The molecular weight excluding hydrogens is 647 g/mol. The molecule has 0 amide bonds. The lowest BCUT2D eigenvalue weighted by atomic mass is 9.97. The van der Waals surface area contributed by atoms with Crippen LogP contribution in [0, 0.1) is 0 Å². The van der Waals surface area contributed by atoms with Gasteiger partial charge in [0.05, 0.1) is 0 Å². The van der Waals surface area contributed by atoms with E-state index in [4.69, 9.17) is 23.8 Å². The van der Waals surface area contributed by atoms with E-state index in [1.807, 2.05) is 72.8 Å². The van der Waals surface area contributed by atoms with Crippen molar-refractivity contribution in [2.75, 3.05) is 0 Å². The van der Waals surface area contributed by atoms with Crippen molar-refractivity contribution in [3.63, 3.8) is 0 Å². The van der Waals surface area contributed by atoms with Crippen molar-refractivity contribution in [2.45, 2.75) is 0 Å². The van der Waals surface area contributed by atoms with Crippen LogP contribution in [0.1, 0.15) is 0 Å². The molecule has 0 radical (unpaired) electrons. The number of hydrogen-bond acceptors (Lipinski definition) is 6. The van der Waals surface area contributed by atoms with Crippen molar-refractivity contribution in [1.82, 2.24) is 15.0 Å². The summed E-state index contributed by atoms with van der Waals surface area (Å²) in [5.41, 5.74) is 8.47. The highest BCUT2D eigenvalue weighted by molar-refractivity contribution is 7.26. The van der Waals surface area contributed by atoms with Crippen LogP contribution < -0.4 is 0 Å². The van der Waals surface area contributed by atoms with Gasteiger partial charge in [0, 0.05) is 64.0 Å². The number of hydrogen-bond donors (Lipinski definition) is 0. The Hall–Kier alpha value is -6.63. The molecule has 0 aliphatic rings. The normalized spacial score (nSPS) is 11.9. The molecule has 0 aliphatic carbocycles. The minimum absolute atomic E-state index is 0.610. The second-order valence-corrected chi connectivity index (χ2v) is 13.8. The summed E-state index contributed by atoms with van der Waals surface area (Å²) in [6, 6.07) is 52.1. The third kappa shape index (κ3) is 4.43. The molecular formula is C45H25N3O2S. The minimum atomic E-state index is 0.610. The first-order valence-corrected chi connectivity index (χ1v) is 17.7. The maximum Gasteiger partial charge on any atom is 0.164 e. The van der Waals surface area contributed by atoms with Crippen LogP contribution in [0.4, 0.5) is 0 Å². The van der Waals surface area contributed by atoms with Crippen LogP contribution >= 0.6 is 11.3 Å². The van der Waals surface area contributed by atoms with Gasteiger partial charge in [-0.2, -0.15) is 0 Å². The monoisotopic (exact) mass is 671 g/mol. The summed E-state index contributed by atoms with van der Waals surface area (Å²) >= 11 is 1.80. The van der Waals surface area contributed by atoms with Gasteiger partial charge in [-0.25, -0.2) is 15.0 Å². The van der Waals surface area contributed by atoms with Crippen LogP contribution in [0.3, 0.4) is 0 Å². The average molecular weight is 672 g/mol. The first-order chi connectivity index (χ1) is 25.2. The Morgan fingerprint density at radius 1 is 0.373 bits per heavy atom. The fraction of sp³-hybridized carbons (Fsp3) is 0. The van der Waals surface area contributed by atoms with Crippen molar-refractivity contribution in [3.8, 4) is 45.3 Å². The van der Waals surface area contributed by atoms with Crippen LogP contribution in [0.15, 0.2) is 160 Å². The van der Waals surface area contributed by atoms with Crippen molar-refractivity contribution in [3.05, 3.63) is 152 Å². The second-order valence-electron chi connectivity index (χ2n) is 12.8. The van der Waals surface area contributed by atoms with E-state index in [1.165, 1.54) is 14.8 Å². The maximum atomic E-state index is 6.49. The van der Waals surface area contributed by atoms with Gasteiger partial charge in [0.25, 0.3) is 0 Å². The molecule has 0 spiro atoms. The van der Waals surface area contributed by atoms with Crippen LogP contribution in [-0.4, -0.2) is 15.0 Å². The Balaban J connectivity index is 1.12. The first kappa shape index (κ1) is 28.2. The number of thiophene rings is 1. The van der Waals surface area contributed by atoms with E-state index in [-0.39, 0.29) is 0 Å². The highest BCUT2D eigenvalue weighted by Crippen LogP contribution is 2.44. The number of benzene rings is 7. The van der Waals surface area contributed by atoms with E-state index < -0.39 is 0 Å². The quantitative estimate of drug-likeness (QED) is 0.186. The van der Waals surface area contributed by atoms with Gasteiger partial charge in [0.15, 0.2) is 17.5 Å². The molecule has 0 bridgehead atoms. The van der Waals surface area contributed by atoms with E-state index in [9.17, 15) is 0 Å². The zero-order valence-electron chi connectivity index (χ0n) is 27.0. The SMILES string of the molecule is c1ccc(-c2nc(-c3ccc4oc5ccccc5c4c3)nc(-c3ccc4sc5cccc(-c6cccc7c6oc6ccccc67)c5c4c3)n2)cc1. The topological polar surface area (TPSA) is 65.0 Å². The van der Waals surface area contributed by atoms with Crippen LogP contribution in [0.5, 0.6) is 0 Å². The molecule has 0 aliphatic heterocycles. The summed E-state index contributed by atoms with van der Waals surface area (Å²) in [7, 11) is 0. The van der Waals surface area contributed by atoms with Crippen molar-refractivity contribution >= 4 is 75.4 Å². The van der Waals surface area contributed by atoms with Gasteiger partial charge in [-0.3, -0.25) is 0 Å². The number of aromatic nitrogens is 3. The fourth-order valence-electron chi connectivity index (χ4n) is 7.37. The van der Waals surface area contributed by atoms with Crippen LogP contribution in [-0.2, 0) is 0 Å². The molecule has 4 aromatic heterocycles. The molecule has 5 nitrogen and oxygen atoms in total. The molecule has 0 saturated heterocycles. The lowest BCUT2D eigenvalue weighted by molar-refractivity contribution is 0.669. The molecule has 0 N–H and O–H groups in total. The summed E-state index contributed by atoms with van der Waals surface area (Å²) in [6.45, 7) is 0. The Morgan fingerprint density at radius 2 is 0.961 bits per heavy atom. The number of rotatable bonds is 4. The molecule has 0 saturated carbocycles. The van der Waals surface area contributed by atoms with Gasteiger partial charge in [0.2, 0.25) is 0 Å². The summed E-state index contributed by atoms with van der Waals surface area (Å²) in [5.74, 6) is 1.85. The predicted octanol–water partition coefficient (Wildman–Crippen LogP) is 12.7. The maximum absolute atomic E-state index is 6.49. The number of nitrogens with zero attached hydrogens (tertiary/aromatic N) is 3. The number of fused-ring (bicyclic) bond motifs is 9. The van der Waals surface area contributed by atoms with Crippen molar-refractivity contribution < 1.29 is 8.83 Å². The fourth-order valence-corrected chi connectivity index (χ4v) is 8.48. The molecule has 238 valence electrons. The lowest BCUT2D eigenvalue weighted by Crippen LogP contribution is -2.00. The number of furan rings is 2. The standard InChI is InChI=1S/C45H25N3O2S/c1-2-10-26(11-3-1)43-46-44(27-20-22-38-34(24-27)30-13-5-6-17-36(30)49-38)48-45(47-43)28-21-23-39-35(25-28)41-31(14-9-19-40(41)51-39)33-16-8-15-32-29-12-4-7-18-37(29)50-42(32)33/h1-25H. The highest BCUT2D eigenvalue weighted by Gasteiger charge is 2.19. The van der Waals surface area contributed by atoms with Gasteiger partial charge in [-0.15, -0.1) is 11.3 Å². The van der Waals surface area contributed by atoms with E-state index >= 15 is 0 Å². The molecule has 11 aromatic rings. The third-order valence-corrected chi connectivity index (χ3v) is 10.9. The van der Waals surface area contributed by atoms with E-state index in [0.717, 1.165) is 77.1 Å². The summed E-state index contributed by atoms with van der Waals surface area (Å²) in [6.07, 6.45) is 0. The molecule has 4 heterocycles. The zero-order chi connectivity index (χ0) is 33.5. The van der Waals surface area contributed by atoms with Gasteiger partial charge in [0.1, 0.15) is 22.3 Å². The Labute approximate surface area is 295 Å². The summed E-state index contributed by atoms with van der Waals surface area (Å²) in [4.78, 5) is 15.2. The zero-order valence-corrected chi connectivity index (χ0v) is 27.8. The summed E-state index contributed by atoms with van der Waals surface area (Å²) < 4.78 is 15.0. The molecule has 6 heteroatoms. The van der Waals surface area contributed by atoms with Gasteiger partial charge in [-0.05, 0) is 60.2 Å². The van der Waals surface area contributed by atoms with Crippen LogP contribution in [0.25, 0.3) is 109 Å². The smallest absolute Gasteiger partial charge is 0.164 e. The molecule has 0 fully saturated rings. The molecule has 7 aromatic carbocycles. The van der Waals surface area contributed by atoms with Crippen molar-refractivity contribution in [1.29, 1.82) is 0 Å². The van der Waals surface area contributed by atoms with E-state index in [2.05, 4.69) is 78.9 Å². The lowest BCUT2D eigenvalue weighted by Gasteiger charge is -2.09. The third-order valence-electron chi connectivity index (χ3n) is 9.75. The molecule has 0 unspecified atom stereocenters. The highest BCUT2D eigenvalue weighted by atomic mass is 32.1. The second kappa shape index (κ2) is 10.9. The summed E-state index contributed by atoms with van der Waals surface area (Å²) in [5, 5.41) is 6.69. The molecule has 51 heavy (non-hydrogen) atoms. The van der Waals surface area contributed by atoms with Crippen molar-refractivity contribution in [2.24, 2.45) is 0 Å². The first-order valence-electron chi connectivity index (χ1n) is 16.8. The van der Waals surface area contributed by atoms with Crippen LogP contribution in [0.2, 0.25) is 0 Å². The predicted molar refractivity (Wildman–Crippen MR) is 209 cm³/mol. The van der Waals surface area contributed by atoms with E-state index in [0.29, 0.717) is 17.5 Å². The Kier molecular flexibility index (Phi) is 6.05. The number of para-hydroxylation sites is 3. The van der Waals surface area contributed by atoms with Gasteiger partial charge in [-0.1, -0.05) is 97.1 Å². The van der Waals surface area contributed by atoms with Gasteiger partial charge < -0.3 is 8.83 Å². The van der Waals surface area contributed by atoms with E-state index in [1.54, 1.807) is 11.3 Å². The largest absolute Gasteiger partial charge is 0.456 e. The average Bonchev–Trinajstić information content (AvgIpc) is 3.89.